The summed E-state index contributed by atoms with van der Waals surface area (Å²) in [5.74, 6) is 1.28. The second-order valence-electron chi connectivity index (χ2n) is 4.81. The van der Waals surface area contributed by atoms with E-state index in [1.54, 1.807) is 14.0 Å². The predicted octanol–water partition coefficient (Wildman–Crippen LogP) is 0.738. The highest BCUT2D eigenvalue weighted by molar-refractivity contribution is 5.79. The number of hydrogen-bond donors (Lipinski definition) is 2. The van der Waals surface area contributed by atoms with Crippen LogP contribution in [0, 0.1) is 0 Å². The first-order valence-electron chi connectivity index (χ1n) is 7.63. The average Bonchev–Trinajstić information content (AvgIpc) is 2.98. The zero-order valence-electron chi connectivity index (χ0n) is 13.5. The number of hydrogen-bond acceptors (Lipinski definition) is 5. The number of nitrogens with zero attached hydrogens (tertiary/aromatic N) is 4. The van der Waals surface area contributed by atoms with Gasteiger partial charge in [-0.15, -0.1) is 10.2 Å². The van der Waals surface area contributed by atoms with Crippen molar-refractivity contribution in [3.05, 3.63) is 30.2 Å². The second-order valence-corrected chi connectivity index (χ2v) is 4.81. The van der Waals surface area contributed by atoms with Gasteiger partial charge in [0.25, 0.3) is 0 Å². The maximum absolute atomic E-state index is 11.2. The minimum absolute atomic E-state index is 0.174. The monoisotopic (exact) mass is 318 g/mol. The fourth-order valence-electron chi connectivity index (χ4n) is 2.07. The molecule has 0 bridgehead atoms. The van der Waals surface area contributed by atoms with Crippen molar-refractivity contribution in [2.45, 2.75) is 26.3 Å². The highest BCUT2D eigenvalue weighted by Gasteiger charge is 2.06. The molecule has 23 heavy (non-hydrogen) atoms. The van der Waals surface area contributed by atoms with Crippen LogP contribution in [-0.2, 0) is 16.1 Å². The Labute approximate surface area is 135 Å². The SMILES string of the molecule is CCOC(=O)CCCNC(=NC)NCc1nnc2ccccn12. The molecule has 2 N–H and O–H groups in total. The molecule has 0 saturated heterocycles. The molecule has 0 radical (unpaired) electrons. The Morgan fingerprint density at radius 2 is 2.22 bits per heavy atom. The number of esters is 1. The summed E-state index contributed by atoms with van der Waals surface area (Å²) in [6, 6.07) is 5.76. The molecule has 0 fully saturated rings. The minimum Gasteiger partial charge on any atom is -0.466 e. The molecule has 0 aliphatic rings. The Morgan fingerprint density at radius 1 is 1.35 bits per heavy atom. The lowest BCUT2D eigenvalue weighted by atomic mass is 10.3. The third-order valence-electron chi connectivity index (χ3n) is 3.18. The Kier molecular flexibility index (Phi) is 6.34. The summed E-state index contributed by atoms with van der Waals surface area (Å²) >= 11 is 0. The lowest BCUT2D eigenvalue weighted by molar-refractivity contribution is -0.143. The van der Waals surface area contributed by atoms with Crippen molar-refractivity contribution in [1.29, 1.82) is 0 Å². The summed E-state index contributed by atoms with van der Waals surface area (Å²) in [6.45, 7) is 3.36. The molecule has 2 rings (SSSR count). The molecular formula is C15H22N6O2. The lowest BCUT2D eigenvalue weighted by Crippen LogP contribution is -2.37. The fraction of sp³-hybridized carbons (Fsp3) is 0.467. The Hall–Kier alpha value is -2.64. The number of ether oxygens (including phenoxy) is 1. The number of pyridine rings is 1. The van der Waals surface area contributed by atoms with Gasteiger partial charge in [0.15, 0.2) is 17.4 Å². The summed E-state index contributed by atoms with van der Waals surface area (Å²) in [4.78, 5) is 15.4. The topological polar surface area (TPSA) is 92.9 Å². The van der Waals surface area contributed by atoms with Crippen molar-refractivity contribution in [2.24, 2.45) is 4.99 Å². The Bertz CT molecular complexity index is 667. The van der Waals surface area contributed by atoms with E-state index in [1.807, 2.05) is 28.8 Å². The first-order valence-corrected chi connectivity index (χ1v) is 7.63. The van der Waals surface area contributed by atoms with E-state index in [9.17, 15) is 4.79 Å². The van der Waals surface area contributed by atoms with Gasteiger partial charge in [0.05, 0.1) is 13.2 Å². The molecule has 0 atom stereocenters. The predicted molar refractivity (Wildman–Crippen MR) is 87.1 cm³/mol. The third-order valence-corrected chi connectivity index (χ3v) is 3.18. The molecule has 2 aromatic rings. The van der Waals surface area contributed by atoms with Gasteiger partial charge in [-0.3, -0.25) is 14.2 Å². The molecule has 0 amide bonds. The van der Waals surface area contributed by atoms with Gasteiger partial charge in [-0.1, -0.05) is 6.07 Å². The van der Waals surface area contributed by atoms with Crippen LogP contribution in [0.25, 0.3) is 5.65 Å². The van der Waals surface area contributed by atoms with Gasteiger partial charge in [-0.05, 0) is 25.5 Å². The second kappa shape index (κ2) is 8.72. The Morgan fingerprint density at radius 3 is 3.00 bits per heavy atom. The number of aliphatic imine (C=N–C) groups is 1. The molecule has 0 saturated carbocycles. The number of guanidine groups is 1. The van der Waals surface area contributed by atoms with Crippen LogP contribution < -0.4 is 10.6 Å². The van der Waals surface area contributed by atoms with Crippen LogP contribution in [0.5, 0.6) is 0 Å². The standard InChI is InChI=1S/C15H22N6O2/c1-3-23-14(22)8-6-9-17-15(16-2)18-11-13-20-19-12-7-4-5-10-21(12)13/h4-5,7,10H,3,6,8-9,11H2,1-2H3,(H2,16,17,18). The van der Waals surface area contributed by atoms with E-state index in [4.69, 9.17) is 4.74 Å². The van der Waals surface area contributed by atoms with Crippen molar-refractivity contribution in [3.8, 4) is 0 Å². The van der Waals surface area contributed by atoms with Gasteiger partial charge in [-0.25, -0.2) is 0 Å². The van der Waals surface area contributed by atoms with Crippen LogP contribution in [0.15, 0.2) is 29.4 Å². The molecule has 2 aromatic heterocycles. The number of carbonyl (C=O) groups excluding carboxylic acids is 1. The largest absolute Gasteiger partial charge is 0.466 e. The number of rotatable bonds is 7. The quantitative estimate of drug-likeness (QED) is 0.338. The molecule has 2 heterocycles. The van der Waals surface area contributed by atoms with Gasteiger partial charge in [-0.2, -0.15) is 0 Å². The summed E-state index contributed by atoms with van der Waals surface area (Å²) in [5, 5.41) is 14.6. The molecule has 0 aliphatic carbocycles. The number of fused-ring (bicyclic) bond motifs is 1. The van der Waals surface area contributed by atoms with E-state index in [-0.39, 0.29) is 5.97 Å². The fourth-order valence-corrected chi connectivity index (χ4v) is 2.07. The van der Waals surface area contributed by atoms with Gasteiger partial charge in [0.1, 0.15) is 0 Å². The zero-order chi connectivity index (χ0) is 16.5. The van der Waals surface area contributed by atoms with Crippen molar-refractivity contribution in [2.75, 3.05) is 20.2 Å². The summed E-state index contributed by atoms with van der Waals surface area (Å²) < 4.78 is 6.80. The highest BCUT2D eigenvalue weighted by atomic mass is 16.5. The van der Waals surface area contributed by atoms with E-state index >= 15 is 0 Å². The van der Waals surface area contributed by atoms with E-state index in [0.717, 1.165) is 11.5 Å². The maximum Gasteiger partial charge on any atom is 0.305 e. The van der Waals surface area contributed by atoms with Crippen LogP contribution >= 0.6 is 0 Å². The molecule has 0 spiro atoms. The summed E-state index contributed by atoms with van der Waals surface area (Å²) in [5.41, 5.74) is 0.807. The molecule has 124 valence electrons. The van der Waals surface area contributed by atoms with Crippen LogP contribution in [-0.4, -0.2) is 46.7 Å². The molecule has 0 unspecified atom stereocenters. The van der Waals surface area contributed by atoms with E-state index < -0.39 is 0 Å². The van der Waals surface area contributed by atoms with Gasteiger partial charge in [0, 0.05) is 26.2 Å². The van der Waals surface area contributed by atoms with Gasteiger partial charge < -0.3 is 15.4 Å². The van der Waals surface area contributed by atoms with Crippen molar-refractivity contribution < 1.29 is 9.53 Å². The average molecular weight is 318 g/mol. The molecule has 0 aliphatic heterocycles. The minimum atomic E-state index is -0.174. The number of nitrogens with one attached hydrogen (secondary N) is 2. The van der Waals surface area contributed by atoms with Crippen LogP contribution in [0.2, 0.25) is 0 Å². The third kappa shape index (κ3) is 4.94. The van der Waals surface area contributed by atoms with Gasteiger partial charge >= 0.3 is 5.97 Å². The van der Waals surface area contributed by atoms with Gasteiger partial charge in [0.2, 0.25) is 0 Å². The van der Waals surface area contributed by atoms with E-state index in [1.165, 1.54) is 0 Å². The smallest absolute Gasteiger partial charge is 0.305 e. The first kappa shape index (κ1) is 16.7. The maximum atomic E-state index is 11.2. The summed E-state index contributed by atoms with van der Waals surface area (Å²) in [6.07, 6.45) is 3.00. The Balaban J connectivity index is 1.76. The molecule has 8 nitrogen and oxygen atoms in total. The van der Waals surface area contributed by atoms with E-state index in [0.29, 0.717) is 38.5 Å². The van der Waals surface area contributed by atoms with Crippen molar-refractivity contribution in [1.82, 2.24) is 25.2 Å². The van der Waals surface area contributed by atoms with Crippen LogP contribution in [0.1, 0.15) is 25.6 Å². The summed E-state index contributed by atoms with van der Waals surface area (Å²) in [7, 11) is 1.70. The zero-order valence-corrected chi connectivity index (χ0v) is 13.5. The normalized spacial score (nSPS) is 11.5. The van der Waals surface area contributed by atoms with E-state index in [2.05, 4.69) is 25.8 Å². The highest BCUT2D eigenvalue weighted by Crippen LogP contribution is 2.02. The first-order chi connectivity index (χ1) is 11.2. The van der Waals surface area contributed by atoms with Crippen LogP contribution in [0.3, 0.4) is 0 Å². The van der Waals surface area contributed by atoms with Crippen LogP contribution in [0.4, 0.5) is 0 Å². The molecule has 8 heteroatoms. The van der Waals surface area contributed by atoms with Crippen molar-refractivity contribution in [3.63, 3.8) is 0 Å². The molecular weight excluding hydrogens is 296 g/mol. The lowest BCUT2D eigenvalue weighted by Gasteiger charge is -2.11. The van der Waals surface area contributed by atoms with Crippen molar-refractivity contribution >= 4 is 17.6 Å². The number of carbonyl (C=O) groups is 1. The number of aromatic nitrogens is 3. The molecule has 0 aromatic carbocycles.